The van der Waals surface area contributed by atoms with E-state index in [1.165, 1.54) is 5.69 Å². The fourth-order valence-electron chi connectivity index (χ4n) is 3.43. The molecule has 0 fully saturated rings. The van der Waals surface area contributed by atoms with Crippen LogP contribution in [0.5, 0.6) is 0 Å². The molecular weight excluding hydrogens is 326 g/mol. The van der Waals surface area contributed by atoms with Crippen LogP contribution in [0, 0.1) is 0 Å². The molecule has 1 atom stereocenters. The predicted octanol–water partition coefficient (Wildman–Crippen LogP) is 2.65. The van der Waals surface area contributed by atoms with Gasteiger partial charge < -0.3 is 0 Å². The average Bonchev–Trinajstić information content (AvgIpc) is 3.36. The monoisotopic (exact) mass is 343 g/mol. The Morgan fingerprint density at radius 2 is 1.81 bits per heavy atom. The van der Waals surface area contributed by atoms with Crippen LogP contribution in [0.4, 0.5) is 0 Å². The molecule has 0 saturated heterocycles. The highest BCUT2D eigenvalue weighted by molar-refractivity contribution is 5.49. The zero-order valence-corrected chi connectivity index (χ0v) is 14.1. The summed E-state index contributed by atoms with van der Waals surface area (Å²) in [6.45, 7) is 0.890. The third kappa shape index (κ3) is 2.57. The highest BCUT2D eigenvalue weighted by atomic mass is 15.4. The second-order valence-corrected chi connectivity index (χ2v) is 6.34. The number of fused-ring (bicyclic) bond motifs is 1. The molecular formula is C19H17N7. The summed E-state index contributed by atoms with van der Waals surface area (Å²) in [6, 6.07) is 13.7. The van der Waals surface area contributed by atoms with Crippen molar-refractivity contribution in [1.82, 2.24) is 34.5 Å². The van der Waals surface area contributed by atoms with E-state index >= 15 is 0 Å². The van der Waals surface area contributed by atoms with Gasteiger partial charge in [-0.05, 0) is 43.2 Å². The van der Waals surface area contributed by atoms with Crippen LogP contribution in [0.1, 0.15) is 23.9 Å². The van der Waals surface area contributed by atoms with E-state index in [-0.39, 0.29) is 5.92 Å². The van der Waals surface area contributed by atoms with Crippen molar-refractivity contribution in [2.45, 2.75) is 25.3 Å². The van der Waals surface area contributed by atoms with Gasteiger partial charge in [-0.2, -0.15) is 9.78 Å². The maximum atomic E-state index is 4.86. The number of rotatable bonds is 3. The Morgan fingerprint density at radius 3 is 2.62 bits per heavy atom. The Bertz CT molecular complexity index is 1020. The lowest BCUT2D eigenvalue weighted by Crippen LogP contribution is -2.21. The van der Waals surface area contributed by atoms with Crippen molar-refractivity contribution >= 4 is 0 Å². The number of aromatic nitrogens is 7. The van der Waals surface area contributed by atoms with Gasteiger partial charge in [0.05, 0.1) is 0 Å². The molecule has 0 radical (unpaired) electrons. The smallest absolute Gasteiger partial charge is 0.200 e. The lowest BCUT2D eigenvalue weighted by Gasteiger charge is -2.22. The SMILES string of the molecule is c1ccc(-c2nc(C3CCn4nccc4C3)n(-c3ccccn3)n2)nc1. The lowest BCUT2D eigenvalue weighted by atomic mass is 9.95. The van der Waals surface area contributed by atoms with Crippen LogP contribution < -0.4 is 0 Å². The Balaban J connectivity index is 1.60. The molecule has 5 rings (SSSR count). The van der Waals surface area contributed by atoms with Crippen molar-refractivity contribution in [1.29, 1.82) is 0 Å². The molecule has 5 heterocycles. The molecule has 7 nitrogen and oxygen atoms in total. The predicted molar refractivity (Wildman–Crippen MR) is 95.7 cm³/mol. The first kappa shape index (κ1) is 14.9. The zero-order valence-electron chi connectivity index (χ0n) is 14.1. The molecule has 1 aliphatic rings. The summed E-state index contributed by atoms with van der Waals surface area (Å²) in [5, 5.41) is 9.10. The molecule has 0 spiro atoms. The lowest BCUT2D eigenvalue weighted by molar-refractivity contribution is 0.423. The van der Waals surface area contributed by atoms with Gasteiger partial charge in [-0.15, -0.1) is 5.10 Å². The number of nitrogens with zero attached hydrogens (tertiary/aromatic N) is 7. The van der Waals surface area contributed by atoms with Crippen LogP contribution in [-0.4, -0.2) is 34.5 Å². The van der Waals surface area contributed by atoms with E-state index in [9.17, 15) is 0 Å². The summed E-state index contributed by atoms with van der Waals surface area (Å²) in [5.74, 6) is 2.60. The molecule has 0 aliphatic carbocycles. The molecule has 0 amide bonds. The van der Waals surface area contributed by atoms with Crippen LogP contribution in [0.15, 0.2) is 61.1 Å². The maximum Gasteiger partial charge on any atom is 0.200 e. The fourth-order valence-corrected chi connectivity index (χ4v) is 3.43. The van der Waals surface area contributed by atoms with Crippen molar-refractivity contribution in [3.05, 3.63) is 72.6 Å². The van der Waals surface area contributed by atoms with Gasteiger partial charge in [-0.3, -0.25) is 9.67 Å². The molecule has 0 N–H and O–H groups in total. The molecule has 1 unspecified atom stereocenters. The molecule has 4 aromatic rings. The third-order valence-corrected chi connectivity index (χ3v) is 4.71. The highest BCUT2D eigenvalue weighted by Gasteiger charge is 2.27. The zero-order chi connectivity index (χ0) is 17.3. The quantitative estimate of drug-likeness (QED) is 0.572. The van der Waals surface area contributed by atoms with Gasteiger partial charge in [-0.25, -0.2) is 9.97 Å². The third-order valence-electron chi connectivity index (χ3n) is 4.71. The number of pyridine rings is 2. The number of hydrogen-bond acceptors (Lipinski definition) is 5. The largest absolute Gasteiger partial charge is 0.270 e. The van der Waals surface area contributed by atoms with E-state index in [2.05, 4.69) is 25.8 Å². The Labute approximate surface area is 150 Å². The molecule has 26 heavy (non-hydrogen) atoms. The Morgan fingerprint density at radius 1 is 0.923 bits per heavy atom. The fraction of sp³-hybridized carbons (Fsp3) is 0.211. The van der Waals surface area contributed by atoms with E-state index < -0.39 is 0 Å². The maximum absolute atomic E-state index is 4.86. The van der Waals surface area contributed by atoms with Crippen molar-refractivity contribution < 1.29 is 0 Å². The molecule has 7 heteroatoms. The van der Waals surface area contributed by atoms with Gasteiger partial charge in [0.1, 0.15) is 11.5 Å². The van der Waals surface area contributed by atoms with E-state index in [0.717, 1.165) is 36.7 Å². The van der Waals surface area contributed by atoms with Gasteiger partial charge in [0, 0.05) is 36.7 Å². The van der Waals surface area contributed by atoms with Gasteiger partial charge in [-0.1, -0.05) is 12.1 Å². The summed E-state index contributed by atoms with van der Waals surface area (Å²) < 4.78 is 3.93. The van der Waals surface area contributed by atoms with Gasteiger partial charge >= 0.3 is 0 Å². The Hall–Kier alpha value is -3.35. The van der Waals surface area contributed by atoms with Crippen molar-refractivity contribution in [3.8, 4) is 17.3 Å². The van der Waals surface area contributed by atoms with Gasteiger partial charge in [0.15, 0.2) is 5.82 Å². The van der Waals surface area contributed by atoms with E-state index in [4.69, 9.17) is 10.1 Å². The van der Waals surface area contributed by atoms with Crippen molar-refractivity contribution in [2.75, 3.05) is 0 Å². The summed E-state index contributed by atoms with van der Waals surface area (Å²) in [6.07, 6.45) is 7.27. The molecule has 128 valence electrons. The second-order valence-electron chi connectivity index (χ2n) is 6.34. The summed E-state index contributed by atoms with van der Waals surface area (Å²) >= 11 is 0. The first-order valence-corrected chi connectivity index (χ1v) is 8.69. The van der Waals surface area contributed by atoms with Crippen molar-refractivity contribution in [3.63, 3.8) is 0 Å². The number of hydrogen-bond donors (Lipinski definition) is 0. The molecule has 0 aromatic carbocycles. The van der Waals surface area contributed by atoms with Crippen molar-refractivity contribution in [2.24, 2.45) is 0 Å². The van der Waals surface area contributed by atoms with E-state index in [1.807, 2.05) is 47.3 Å². The molecule has 1 aliphatic heterocycles. The van der Waals surface area contributed by atoms with E-state index in [1.54, 1.807) is 12.4 Å². The molecule has 0 bridgehead atoms. The minimum atomic E-state index is 0.270. The standard InChI is InChI=1S/C19H17N7/c1-3-9-20-16(5-1)18-23-19(26(24-18)17-6-2-4-10-21-17)14-8-12-25-15(13-14)7-11-22-25/h1-7,9-11,14H,8,12-13H2. The Kier molecular flexibility index (Phi) is 3.55. The van der Waals surface area contributed by atoms with Crippen LogP contribution in [0.25, 0.3) is 17.3 Å². The van der Waals surface area contributed by atoms with E-state index in [0.29, 0.717) is 5.82 Å². The topological polar surface area (TPSA) is 74.3 Å². The second kappa shape index (κ2) is 6.18. The summed E-state index contributed by atoms with van der Waals surface area (Å²) in [7, 11) is 0. The summed E-state index contributed by atoms with van der Waals surface area (Å²) in [4.78, 5) is 13.7. The summed E-state index contributed by atoms with van der Waals surface area (Å²) in [5.41, 5.74) is 2.00. The highest BCUT2D eigenvalue weighted by Crippen LogP contribution is 2.30. The first-order valence-electron chi connectivity index (χ1n) is 8.69. The van der Waals surface area contributed by atoms with Gasteiger partial charge in [0.2, 0.25) is 5.82 Å². The normalized spacial score (nSPS) is 16.4. The minimum absolute atomic E-state index is 0.270. The van der Waals surface area contributed by atoms with Crippen LogP contribution in [-0.2, 0) is 13.0 Å². The van der Waals surface area contributed by atoms with Crippen LogP contribution >= 0.6 is 0 Å². The molecule has 0 saturated carbocycles. The average molecular weight is 343 g/mol. The van der Waals surface area contributed by atoms with Gasteiger partial charge in [0.25, 0.3) is 0 Å². The minimum Gasteiger partial charge on any atom is -0.270 e. The van der Waals surface area contributed by atoms with Crippen LogP contribution in [0.3, 0.4) is 0 Å². The van der Waals surface area contributed by atoms with Crippen LogP contribution in [0.2, 0.25) is 0 Å². The molecule has 4 aromatic heterocycles. The number of aryl methyl sites for hydroxylation is 1. The first-order chi connectivity index (χ1) is 12.9.